The molecular formula is C24H18N2O3. The van der Waals surface area contributed by atoms with E-state index in [9.17, 15) is 9.59 Å². The van der Waals surface area contributed by atoms with E-state index in [-0.39, 0.29) is 18.1 Å². The average Bonchev–Trinajstić information content (AvgIpc) is 3.06. The highest BCUT2D eigenvalue weighted by molar-refractivity contribution is 5.91. The smallest absolute Gasteiger partial charge is 0.411 e. The number of carbonyl (C=O) groups excluding carboxylic acids is 1. The number of amides is 1. The molecule has 0 radical (unpaired) electrons. The van der Waals surface area contributed by atoms with Gasteiger partial charge in [0.1, 0.15) is 6.61 Å². The second kappa shape index (κ2) is 6.95. The summed E-state index contributed by atoms with van der Waals surface area (Å²) in [6.45, 7) is 0.257. The predicted molar refractivity (Wildman–Crippen MR) is 113 cm³/mol. The molecule has 1 aromatic heterocycles. The summed E-state index contributed by atoms with van der Waals surface area (Å²) >= 11 is 0. The van der Waals surface area contributed by atoms with Gasteiger partial charge in [0.15, 0.2) is 0 Å². The van der Waals surface area contributed by atoms with Crippen molar-refractivity contribution in [1.82, 2.24) is 4.98 Å². The van der Waals surface area contributed by atoms with Gasteiger partial charge in [0.25, 0.3) is 0 Å². The van der Waals surface area contributed by atoms with Crippen LogP contribution >= 0.6 is 0 Å². The lowest BCUT2D eigenvalue weighted by Gasteiger charge is -2.14. The number of H-pyrrole nitrogens is 1. The summed E-state index contributed by atoms with van der Waals surface area (Å²) in [5, 5.41) is 4.40. The molecule has 0 atom stereocenters. The third kappa shape index (κ3) is 3.17. The molecule has 5 rings (SSSR count). The standard InChI is InChI=1S/C24H18N2O3/c27-23-12-16-11-17(10-9-15(16)13-25-23)26-24(28)29-14-22-20-7-3-1-5-18(20)19-6-2-4-8-21(19)22/h1-13,22H,14H2,(H,25,27)(H,26,28). The van der Waals surface area contributed by atoms with E-state index >= 15 is 0 Å². The van der Waals surface area contributed by atoms with E-state index in [2.05, 4.69) is 34.6 Å². The molecular weight excluding hydrogens is 364 g/mol. The Hall–Kier alpha value is -3.86. The Morgan fingerprint density at radius 2 is 1.59 bits per heavy atom. The molecule has 1 heterocycles. The zero-order valence-electron chi connectivity index (χ0n) is 15.5. The van der Waals surface area contributed by atoms with Gasteiger partial charge in [0, 0.05) is 23.9 Å². The molecule has 0 aliphatic heterocycles. The molecule has 0 saturated heterocycles. The molecule has 1 aliphatic rings. The maximum atomic E-state index is 12.4. The van der Waals surface area contributed by atoms with Crippen molar-refractivity contribution in [3.05, 3.63) is 100 Å². The zero-order valence-corrected chi connectivity index (χ0v) is 15.5. The summed E-state index contributed by atoms with van der Waals surface area (Å²) in [6, 6.07) is 23.3. The molecule has 0 spiro atoms. The number of nitrogens with one attached hydrogen (secondary N) is 2. The van der Waals surface area contributed by atoms with Gasteiger partial charge in [0.05, 0.1) is 0 Å². The summed E-state index contributed by atoms with van der Waals surface area (Å²) in [7, 11) is 0. The highest BCUT2D eigenvalue weighted by Gasteiger charge is 2.28. The van der Waals surface area contributed by atoms with Gasteiger partial charge < -0.3 is 9.72 Å². The van der Waals surface area contributed by atoms with E-state index in [1.807, 2.05) is 30.3 Å². The van der Waals surface area contributed by atoms with Gasteiger partial charge in [-0.3, -0.25) is 10.1 Å². The average molecular weight is 382 g/mol. The number of anilines is 1. The lowest BCUT2D eigenvalue weighted by Crippen LogP contribution is -2.17. The molecule has 29 heavy (non-hydrogen) atoms. The first-order chi connectivity index (χ1) is 14.2. The molecule has 0 unspecified atom stereocenters. The van der Waals surface area contributed by atoms with E-state index in [1.54, 1.807) is 18.3 Å². The van der Waals surface area contributed by atoms with E-state index in [4.69, 9.17) is 4.74 Å². The first-order valence-corrected chi connectivity index (χ1v) is 9.43. The van der Waals surface area contributed by atoms with Crippen LogP contribution in [0.5, 0.6) is 0 Å². The van der Waals surface area contributed by atoms with Gasteiger partial charge in [0.2, 0.25) is 5.56 Å². The van der Waals surface area contributed by atoms with E-state index in [0.717, 1.165) is 10.8 Å². The van der Waals surface area contributed by atoms with Crippen LogP contribution in [0.3, 0.4) is 0 Å². The monoisotopic (exact) mass is 382 g/mol. The quantitative estimate of drug-likeness (QED) is 0.530. The minimum absolute atomic E-state index is 0.0170. The second-order valence-electron chi connectivity index (χ2n) is 7.09. The first-order valence-electron chi connectivity index (χ1n) is 9.43. The minimum atomic E-state index is -0.518. The fraction of sp³-hybridized carbons (Fsp3) is 0.0833. The maximum absolute atomic E-state index is 12.4. The fourth-order valence-electron chi connectivity index (χ4n) is 3.99. The van der Waals surface area contributed by atoms with Gasteiger partial charge in [-0.05, 0) is 45.2 Å². The second-order valence-corrected chi connectivity index (χ2v) is 7.09. The Morgan fingerprint density at radius 3 is 2.31 bits per heavy atom. The maximum Gasteiger partial charge on any atom is 0.411 e. The van der Waals surface area contributed by atoms with Gasteiger partial charge in [-0.15, -0.1) is 0 Å². The first kappa shape index (κ1) is 17.3. The molecule has 142 valence electrons. The molecule has 1 amide bonds. The fourth-order valence-corrected chi connectivity index (χ4v) is 3.99. The number of ether oxygens (including phenoxy) is 1. The lowest BCUT2D eigenvalue weighted by atomic mass is 9.98. The molecule has 3 aromatic carbocycles. The van der Waals surface area contributed by atoms with Crippen LogP contribution in [0.25, 0.3) is 21.9 Å². The highest BCUT2D eigenvalue weighted by Crippen LogP contribution is 2.44. The van der Waals surface area contributed by atoms with Gasteiger partial charge in [-0.1, -0.05) is 54.6 Å². The van der Waals surface area contributed by atoms with Crippen LogP contribution in [0, 0.1) is 0 Å². The number of aromatic nitrogens is 1. The number of hydrogen-bond acceptors (Lipinski definition) is 3. The third-order valence-electron chi connectivity index (χ3n) is 5.33. The summed E-state index contributed by atoms with van der Waals surface area (Å²) in [5.41, 5.74) is 5.13. The summed E-state index contributed by atoms with van der Waals surface area (Å²) in [4.78, 5) is 26.5. The van der Waals surface area contributed by atoms with Crippen molar-refractivity contribution >= 4 is 22.6 Å². The van der Waals surface area contributed by atoms with Gasteiger partial charge >= 0.3 is 6.09 Å². The Labute approximate surface area is 167 Å². The predicted octanol–water partition coefficient (Wildman–Crippen LogP) is 4.89. The molecule has 5 heteroatoms. The van der Waals surface area contributed by atoms with Crippen LogP contribution in [0.2, 0.25) is 0 Å². The largest absolute Gasteiger partial charge is 0.448 e. The molecule has 0 bridgehead atoms. The number of aromatic amines is 1. The van der Waals surface area contributed by atoms with Crippen LogP contribution in [0.1, 0.15) is 17.0 Å². The molecule has 0 saturated carbocycles. The Bertz CT molecular complexity index is 1250. The zero-order chi connectivity index (χ0) is 19.8. The molecule has 2 N–H and O–H groups in total. The highest BCUT2D eigenvalue weighted by atomic mass is 16.5. The molecule has 5 nitrogen and oxygen atoms in total. The Kier molecular flexibility index (Phi) is 4.13. The van der Waals surface area contributed by atoms with Crippen molar-refractivity contribution < 1.29 is 9.53 Å². The van der Waals surface area contributed by atoms with Gasteiger partial charge in [-0.2, -0.15) is 0 Å². The Balaban J connectivity index is 1.33. The molecule has 4 aromatic rings. The van der Waals surface area contributed by atoms with Crippen molar-refractivity contribution in [2.45, 2.75) is 5.92 Å². The minimum Gasteiger partial charge on any atom is -0.448 e. The number of fused-ring (bicyclic) bond motifs is 4. The van der Waals surface area contributed by atoms with Crippen LogP contribution in [-0.4, -0.2) is 17.7 Å². The van der Waals surface area contributed by atoms with Crippen LogP contribution in [0.15, 0.2) is 83.8 Å². The Morgan fingerprint density at radius 1 is 0.897 bits per heavy atom. The number of rotatable bonds is 3. The van der Waals surface area contributed by atoms with Crippen molar-refractivity contribution in [2.24, 2.45) is 0 Å². The number of carbonyl (C=O) groups is 1. The normalized spacial score (nSPS) is 12.4. The number of hydrogen-bond donors (Lipinski definition) is 2. The summed E-state index contributed by atoms with van der Waals surface area (Å²) in [6.07, 6.45) is 1.13. The van der Waals surface area contributed by atoms with E-state index in [1.165, 1.54) is 28.3 Å². The topological polar surface area (TPSA) is 71.2 Å². The van der Waals surface area contributed by atoms with Crippen LogP contribution in [-0.2, 0) is 4.74 Å². The summed E-state index contributed by atoms with van der Waals surface area (Å²) < 4.78 is 5.56. The lowest BCUT2D eigenvalue weighted by molar-refractivity contribution is 0.158. The van der Waals surface area contributed by atoms with Gasteiger partial charge in [-0.25, -0.2) is 4.79 Å². The van der Waals surface area contributed by atoms with Crippen molar-refractivity contribution in [3.8, 4) is 11.1 Å². The van der Waals surface area contributed by atoms with Crippen LogP contribution in [0.4, 0.5) is 10.5 Å². The SMILES string of the molecule is O=C(Nc1ccc2c[nH]c(=O)cc2c1)OCC1c2ccccc2-c2ccccc21. The third-order valence-corrected chi connectivity index (χ3v) is 5.33. The van der Waals surface area contributed by atoms with Crippen molar-refractivity contribution in [1.29, 1.82) is 0 Å². The molecule has 1 aliphatic carbocycles. The summed E-state index contributed by atoms with van der Waals surface area (Å²) in [5.74, 6) is 0.0170. The van der Waals surface area contributed by atoms with Crippen molar-refractivity contribution in [3.63, 3.8) is 0 Å². The molecule has 0 fully saturated rings. The number of benzene rings is 3. The van der Waals surface area contributed by atoms with Crippen molar-refractivity contribution in [2.75, 3.05) is 11.9 Å². The van der Waals surface area contributed by atoms with E-state index in [0.29, 0.717) is 5.69 Å². The van der Waals surface area contributed by atoms with Crippen LogP contribution < -0.4 is 10.9 Å². The number of pyridine rings is 1. The van der Waals surface area contributed by atoms with E-state index < -0.39 is 6.09 Å².